The van der Waals surface area contributed by atoms with E-state index in [1.807, 2.05) is 36.4 Å². The smallest absolute Gasteiger partial charge is 0.150 e. The fourth-order valence-corrected chi connectivity index (χ4v) is 1.06. The first-order chi connectivity index (χ1) is 7.86. The SMILES string of the molecule is O.O=Cc1ccccc1.O=Cc1ccccc1. The van der Waals surface area contributed by atoms with Gasteiger partial charge in [-0.15, -0.1) is 0 Å². The number of hydrogen-bond acceptors (Lipinski definition) is 2. The van der Waals surface area contributed by atoms with Gasteiger partial charge in [0.1, 0.15) is 12.6 Å². The van der Waals surface area contributed by atoms with Crippen molar-refractivity contribution >= 4 is 12.6 Å². The second kappa shape index (κ2) is 9.00. The molecule has 2 aromatic carbocycles. The van der Waals surface area contributed by atoms with Gasteiger partial charge >= 0.3 is 0 Å². The van der Waals surface area contributed by atoms with Crippen molar-refractivity contribution in [3.05, 3.63) is 71.8 Å². The van der Waals surface area contributed by atoms with Crippen molar-refractivity contribution in [1.82, 2.24) is 0 Å². The summed E-state index contributed by atoms with van der Waals surface area (Å²) in [5.41, 5.74) is 1.46. The lowest BCUT2D eigenvalue weighted by Gasteiger charge is -1.81. The zero-order valence-electron chi connectivity index (χ0n) is 9.24. The Hall–Kier alpha value is -2.26. The van der Waals surface area contributed by atoms with Crippen molar-refractivity contribution < 1.29 is 15.1 Å². The summed E-state index contributed by atoms with van der Waals surface area (Å²) in [5, 5.41) is 0. The van der Waals surface area contributed by atoms with Crippen molar-refractivity contribution in [2.24, 2.45) is 0 Å². The molecular formula is C14H14O3. The molecule has 2 aromatic rings. The molecule has 0 atom stereocenters. The predicted octanol–water partition coefficient (Wildman–Crippen LogP) is 2.17. The molecule has 2 rings (SSSR count). The number of aldehydes is 2. The first-order valence-electron chi connectivity index (χ1n) is 4.87. The van der Waals surface area contributed by atoms with Gasteiger partial charge < -0.3 is 5.48 Å². The molecule has 88 valence electrons. The molecule has 2 N–H and O–H groups in total. The highest BCUT2D eigenvalue weighted by Crippen LogP contribution is 1.92. The van der Waals surface area contributed by atoms with Crippen molar-refractivity contribution in [1.29, 1.82) is 0 Å². The lowest BCUT2D eigenvalue weighted by molar-refractivity contribution is 0.111. The largest absolute Gasteiger partial charge is 0.412 e. The molecule has 0 aliphatic rings. The van der Waals surface area contributed by atoms with Crippen LogP contribution in [0.4, 0.5) is 0 Å². The summed E-state index contributed by atoms with van der Waals surface area (Å²) in [4.78, 5) is 20.0. The number of hydrogen-bond donors (Lipinski definition) is 0. The highest BCUT2D eigenvalue weighted by atomic mass is 16.1. The topological polar surface area (TPSA) is 65.6 Å². The molecule has 17 heavy (non-hydrogen) atoms. The van der Waals surface area contributed by atoms with Crippen LogP contribution in [0.5, 0.6) is 0 Å². The van der Waals surface area contributed by atoms with Gasteiger partial charge in [-0.2, -0.15) is 0 Å². The van der Waals surface area contributed by atoms with E-state index in [-0.39, 0.29) is 5.48 Å². The monoisotopic (exact) mass is 230 g/mol. The van der Waals surface area contributed by atoms with Gasteiger partial charge in [-0.3, -0.25) is 9.59 Å². The van der Waals surface area contributed by atoms with Crippen molar-refractivity contribution in [3.8, 4) is 0 Å². The Morgan fingerprint density at radius 1 is 0.588 bits per heavy atom. The van der Waals surface area contributed by atoms with Gasteiger partial charge in [0.05, 0.1) is 0 Å². The van der Waals surface area contributed by atoms with Gasteiger partial charge in [0.15, 0.2) is 0 Å². The quantitative estimate of drug-likeness (QED) is 0.742. The molecule has 0 saturated carbocycles. The van der Waals surface area contributed by atoms with Crippen LogP contribution in [0.15, 0.2) is 60.7 Å². The molecule has 0 aliphatic carbocycles. The molecule has 3 heteroatoms. The predicted molar refractivity (Wildman–Crippen MR) is 67.3 cm³/mol. The van der Waals surface area contributed by atoms with Crippen molar-refractivity contribution in [2.75, 3.05) is 0 Å². The average Bonchev–Trinajstić information content (AvgIpc) is 2.41. The fourth-order valence-electron chi connectivity index (χ4n) is 1.06. The summed E-state index contributed by atoms with van der Waals surface area (Å²) in [7, 11) is 0. The molecule has 0 aliphatic heterocycles. The van der Waals surface area contributed by atoms with Gasteiger partial charge in [0.2, 0.25) is 0 Å². The standard InChI is InChI=1S/2C7H6O.H2O/c2*8-6-7-4-2-1-3-5-7;/h2*1-6H;1H2. The normalized spacial score (nSPS) is 8.00. The Kier molecular flexibility index (Phi) is 7.80. The average molecular weight is 230 g/mol. The second-order valence-corrected chi connectivity index (χ2v) is 3.06. The summed E-state index contributed by atoms with van der Waals surface area (Å²) in [6.45, 7) is 0. The Morgan fingerprint density at radius 3 is 1.06 bits per heavy atom. The maximum Gasteiger partial charge on any atom is 0.150 e. The van der Waals surface area contributed by atoms with Crippen LogP contribution in [-0.4, -0.2) is 18.0 Å². The van der Waals surface area contributed by atoms with E-state index in [1.165, 1.54) is 0 Å². The Balaban J connectivity index is 0.000000284. The third-order valence-corrected chi connectivity index (χ3v) is 1.87. The Bertz CT molecular complexity index is 380. The van der Waals surface area contributed by atoms with Crippen LogP contribution in [0.2, 0.25) is 0 Å². The molecule has 0 amide bonds. The van der Waals surface area contributed by atoms with Gasteiger partial charge in [-0.1, -0.05) is 60.7 Å². The van der Waals surface area contributed by atoms with E-state index in [9.17, 15) is 9.59 Å². The van der Waals surface area contributed by atoms with E-state index in [0.717, 1.165) is 23.7 Å². The van der Waals surface area contributed by atoms with Crippen LogP contribution in [0.3, 0.4) is 0 Å². The third-order valence-electron chi connectivity index (χ3n) is 1.87. The van der Waals surface area contributed by atoms with Crippen LogP contribution in [0.25, 0.3) is 0 Å². The zero-order valence-corrected chi connectivity index (χ0v) is 9.24. The highest BCUT2D eigenvalue weighted by molar-refractivity contribution is 5.74. The van der Waals surface area contributed by atoms with Gasteiger partial charge in [-0.25, -0.2) is 0 Å². The highest BCUT2D eigenvalue weighted by Gasteiger charge is 1.80. The van der Waals surface area contributed by atoms with Gasteiger partial charge in [0, 0.05) is 11.1 Å². The fraction of sp³-hybridized carbons (Fsp3) is 0. The maximum atomic E-state index is 10.0. The molecule has 0 radical (unpaired) electrons. The lowest BCUT2D eigenvalue weighted by Crippen LogP contribution is -1.73. The first-order valence-corrected chi connectivity index (χ1v) is 4.87. The Labute approximate surface area is 100 Å². The van der Waals surface area contributed by atoms with Crippen LogP contribution >= 0.6 is 0 Å². The summed E-state index contributed by atoms with van der Waals surface area (Å²) < 4.78 is 0. The maximum absolute atomic E-state index is 10.0. The molecule has 0 spiro atoms. The van der Waals surface area contributed by atoms with Crippen molar-refractivity contribution in [3.63, 3.8) is 0 Å². The molecule has 3 nitrogen and oxygen atoms in total. The summed E-state index contributed by atoms with van der Waals surface area (Å²) in [6, 6.07) is 18.2. The minimum Gasteiger partial charge on any atom is -0.412 e. The molecule has 0 heterocycles. The summed E-state index contributed by atoms with van der Waals surface area (Å²) in [5.74, 6) is 0. The van der Waals surface area contributed by atoms with E-state index in [4.69, 9.17) is 0 Å². The zero-order chi connectivity index (χ0) is 11.6. The third kappa shape index (κ3) is 6.02. The van der Waals surface area contributed by atoms with Gasteiger partial charge in [0.25, 0.3) is 0 Å². The van der Waals surface area contributed by atoms with Crippen LogP contribution < -0.4 is 0 Å². The minimum atomic E-state index is 0. The number of rotatable bonds is 2. The summed E-state index contributed by atoms with van der Waals surface area (Å²) in [6.07, 6.45) is 1.67. The van der Waals surface area contributed by atoms with E-state index < -0.39 is 0 Å². The van der Waals surface area contributed by atoms with Crippen LogP contribution in [0, 0.1) is 0 Å². The van der Waals surface area contributed by atoms with E-state index in [2.05, 4.69) is 0 Å². The molecule has 0 saturated heterocycles. The molecule has 0 unspecified atom stereocenters. The summed E-state index contributed by atoms with van der Waals surface area (Å²) >= 11 is 0. The van der Waals surface area contributed by atoms with Crippen LogP contribution in [0.1, 0.15) is 20.7 Å². The van der Waals surface area contributed by atoms with E-state index in [1.54, 1.807) is 24.3 Å². The first kappa shape index (κ1) is 14.7. The number of carbonyl (C=O) groups is 2. The van der Waals surface area contributed by atoms with E-state index in [0.29, 0.717) is 0 Å². The van der Waals surface area contributed by atoms with Crippen molar-refractivity contribution in [2.45, 2.75) is 0 Å². The minimum absolute atomic E-state index is 0. The number of carbonyl (C=O) groups excluding carboxylic acids is 2. The molecule has 0 fully saturated rings. The molecule has 0 bridgehead atoms. The molecular weight excluding hydrogens is 216 g/mol. The van der Waals surface area contributed by atoms with E-state index >= 15 is 0 Å². The second-order valence-electron chi connectivity index (χ2n) is 3.06. The van der Waals surface area contributed by atoms with Gasteiger partial charge in [-0.05, 0) is 0 Å². The molecule has 0 aromatic heterocycles. The number of benzene rings is 2. The lowest BCUT2D eigenvalue weighted by atomic mass is 10.2. The van der Waals surface area contributed by atoms with Crippen LogP contribution in [-0.2, 0) is 0 Å². The Morgan fingerprint density at radius 2 is 0.882 bits per heavy atom.